The summed E-state index contributed by atoms with van der Waals surface area (Å²) in [6, 6.07) is 16.6. The molecule has 1 N–H and O–H groups in total. The van der Waals surface area contributed by atoms with E-state index in [0.717, 1.165) is 24.2 Å². The molecule has 4 heteroatoms. The van der Waals surface area contributed by atoms with Gasteiger partial charge in [0.15, 0.2) is 6.61 Å². The maximum absolute atomic E-state index is 10.7. The summed E-state index contributed by atoms with van der Waals surface area (Å²) in [6.07, 6.45) is 0.873. The standard InChI is InChI=1S/C18H19NO3/c1-13-10-15-16(8-5-9-17(15)22-12-18(20)21)19(13)11-14-6-3-2-4-7-14/h2-9,13H,10-12H2,1H3,(H,20,21). The summed E-state index contributed by atoms with van der Waals surface area (Å²) in [5, 5.41) is 8.79. The molecular weight excluding hydrogens is 278 g/mol. The Labute approximate surface area is 130 Å². The van der Waals surface area contributed by atoms with E-state index in [9.17, 15) is 4.79 Å². The summed E-state index contributed by atoms with van der Waals surface area (Å²) in [5.41, 5.74) is 3.51. The van der Waals surface area contributed by atoms with E-state index in [-0.39, 0.29) is 6.61 Å². The lowest BCUT2D eigenvalue weighted by Crippen LogP contribution is -2.28. The second kappa shape index (κ2) is 6.10. The predicted molar refractivity (Wildman–Crippen MR) is 85.4 cm³/mol. The van der Waals surface area contributed by atoms with Crippen molar-refractivity contribution in [1.82, 2.24) is 0 Å². The minimum absolute atomic E-state index is 0.302. The molecule has 1 atom stereocenters. The Hall–Kier alpha value is -2.49. The van der Waals surface area contributed by atoms with Crippen LogP contribution < -0.4 is 9.64 Å². The largest absolute Gasteiger partial charge is 0.482 e. The third-order valence-corrected chi connectivity index (χ3v) is 4.00. The van der Waals surface area contributed by atoms with Gasteiger partial charge >= 0.3 is 5.97 Å². The van der Waals surface area contributed by atoms with Crippen molar-refractivity contribution in [2.24, 2.45) is 0 Å². The van der Waals surface area contributed by atoms with Gasteiger partial charge in [-0.15, -0.1) is 0 Å². The number of hydrogen-bond acceptors (Lipinski definition) is 3. The van der Waals surface area contributed by atoms with Crippen LogP contribution in [0.25, 0.3) is 0 Å². The Bertz CT molecular complexity index is 669. The van der Waals surface area contributed by atoms with Crippen molar-refractivity contribution in [2.75, 3.05) is 11.5 Å². The van der Waals surface area contributed by atoms with Gasteiger partial charge in [0, 0.05) is 23.8 Å². The van der Waals surface area contributed by atoms with Crippen LogP contribution in [0.4, 0.5) is 5.69 Å². The molecule has 4 nitrogen and oxygen atoms in total. The van der Waals surface area contributed by atoms with Gasteiger partial charge in [-0.3, -0.25) is 0 Å². The van der Waals surface area contributed by atoms with Gasteiger partial charge < -0.3 is 14.7 Å². The quantitative estimate of drug-likeness (QED) is 0.921. The fourth-order valence-corrected chi connectivity index (χ4v) is 2.97. The highest BCUT2D eigenvalue weighted by molar-refractivity contribution is 5.69. The lowest BCUT2D eigenvalue weighted by atomic mass is 10.1. The number of carboxylic acids is 1. The zero-order chi connectivity index (χ0) is 15.5. The summed E-state index contributed by atoms with van der Waals surface area (Å²) in [4.78, 5) is 13.1. The lowest BCUT2D eigenvalue weighted by molar-refractivity contribution is -0.139. The first-order valence-electron chi connectivity index (χ1n) is 7.42. The lowest BCUT2D eigenvalue weighted by Gasteiger charge is -2.25. The molecule has 0 saturated heterocycles. The van der Waals surface area contributed by atoms with Crippen molar-refractivity contribution in [3.63, 3.8) is 0 Å². The smallest absolute Gasteiger partial charge is 0.341 e. The van der Waals surface area contributed by atoms with Crippen LogP contribution in [-0.2, 0) is 17.8 Å². The number of ether oxygens (including phenoxy) is 1. The van der Waals surface area contributed by atoms with Gasteiger partial charge in [0.05, 0.1) is 0 Å². The van der Waals surface area contributed by atoms with Gasteiger partial charge in [-0.1, -0.05) is 36.4 Å². The van der Waals surface area contributed by atoms with E-state index in [1.54, 1.807) is 0 Å². The summed E-state index contributed by atoms with van der Waals surface area (Å²) in [6.45, 7) is 2.73. The molecule has 0 aliphatic carbocycles. The van der Waals surface area contributed by atoms with E-state index in [0.29, 0.717) is 11.8 Å². The molecule has 1 heterocycles. The number of rotatable bonds is 5. The molecule has 0 aromatic heterocycles. The van der Waals surface area contributed by atoms with Crippen LogP contribution in [-0.4, -0.2) is 23.7 Å². The van der Waals surface area contributed by atoms with Gasteiger partial charge in [0.1, 0.15) is 5.75 Å². The number of nitrogens with zero attached hydrogens (tertiary/aromatic N) is 1. The van der Waals surface area contributed by atoms with E-state index in [4.69, 9.17) is 9.84 Å². The fourth-order valence-electron chi connectivity index (χ4n) is 2.97. The van der Waals surface area contributed by atoms with E-state index >= 15 is 0 Å². The number of anilines is 1. The maximum atomic E-state index is 10.7. The first kappa shape index (κ1) is 14.4. The number of hydrogen-bond donors (Lipinski definition) is 1. The van der Waals surface area contributed by atoms with Gasteiger partial charge in [-0.2, -0.15) is 0 Å². The first-order chi connectivity index (χ1) is 10.6. The summed E-state index contributed by atoms with van der Waals surface area (Å²) in [7, 11) is 0. The molecule has 0 amide bonds. The average Bonchev–Trinajstić information content (AvgIpc) is 2.83. The van der Waals surface area contributed by atoms with Gasteiger partial charge in [0.2, 0.25) is 0 Å². The van der Waals surface area contributed by atoms with E-state index in [2.05, 4.69) is 30.0 Å². The minimum atomic E-state index is -0.954. The first-order valence-corrected chi connectivity index (χ1v) is 7.42. The topological polar surface area (TPSA) is 49.8 Å². The van der Waals surface area contributed by atoms with Crippen LogP contribution >= 0.6 is 0 Å². The van der Waals surface area contributed by atoms with Crippen molar-refractivity contribution in [3.05, 3.63) is 59.7 Å². The molecule has 3 rings (SSSR count). The molecule has 0 radical (unpaired) electrons. The molecule has 0 bridgehead atoms. The zero-order valence-electron chi connectivity index (χ0n) is 12.5. The van der Waals surface area contributed by atoms with Crippen LogP contribution in [0.2, 0.25) is 0 Å². The van der Waals surface area contributed by atoms with Gasteiger partial charge in [0.25, 0.3) is 0 Å². The molecule has 0 saturated carbocycles. The molecule has 0 spiro atoms. The van der Waals surface area contributed by atoms with Crippen LogP contribution in [0.1, 0.15) is 18.1 Å². The summed E-state index contributed by atoms with van der Waals surface area (Å²) >= 11 is 0. The van der Waals surface area contributed by atoms with E-state index < -0.39 is 5.97 Å². The van der Waals surface area contributed by atoms with E-state index in [1.807, 2.05) is 30.3 Å². The molecule has 2 aromatic carbocycles. The van der Waals surface area contributed by atoms with Crippen molar-refractivity contribution in [2.45, 2.75) is 25.9 Å². The SMILES string of the molecule is CC1Cc2c(OCC(=O)O)cccc2N1Cc1ccccc1. The summed E-state index contributed by atoms with van der Waals surface area (Å²) in [5.74, 6) is -0.271. The third kappa shape index (κ3) is 2.91. The molecule has 1 aliphatic rings. The van der Waals surface area contributed by atoms with Crippen molar-refractivity contribution in [3.8, 4) is 5.75 Å². The highest BCUT2D eigenvalue weighted by atomic mass is 16.5. The number of benzene rings is 2. The second-order valence-corrected chi connectivity index (χ2v) is 5.60. The summed E-state index contributed by atoms with van der Waals surface area (Å²) < 4.78 is 5.43. The monoisotopic (exact) mass is 297 g/mol. The number of carboxylic acid groups (broad SMARTS) is 1. The number of aliphatic carboxylic acids is 1. The average molecular weight is 297 g/mol. The zero-order valence-corrected chi connectivity index (χ0v) is 12.5. The van der Waals surface area contributed by atoms with Gasteiger partial charge in [-0.25, -0.2) is 4.79 Å². The van der Waals surface area contributed by atoms with Crippen molar-refractivity contribution in [1.29, 1.82) is 0 Å². The molecule has 1 aliphatic heterocycles. The number of carbonyl (C=O) groups is 1. The molecular formula is C18H19NO3. The predicted octanol–water partition coefficient (Wildman–Crippen LogP) is 3.10. The number of fused-ring (bicyclic) bond motifs is 1. The third-order valence-electron chi connectivity index (χ3n) is 4.00. The maximum Gasteiger partial charge on any atom is 0.341 e. The Balaban J connectivity index is 1.85. The van der Waals surface area contributed by atoms with Gasteiger partial charge in [-0.05, 0) is 31.0 Å². The van der Waals surface area contributed by atoms with Crippen molar-refractivity contribution >= 4 is 11.7 Å². The Kier molecular flexibility index (Phi) is 4.00. The van der Waals surface area contributed by atoms with Crippen LogP contribution in [0.5, 0.6) is 5.75 Å². The van der Waals surface area contributed by atoms with Crippen LogP contribution in [0.3, 0.4) is 0 Å². The van der Waals surface area contributed by atoms with E-state index in [1.165, 1.54) is 5.56 Å². The molecule has 114 valence electrons. The highest BCUT2D eigenvalue weighted by Gasteiger charge is 2.28. The van der Waals surface area contributed by atoms with Crippen LogP contribution in [0.15, 0.2) is 48.5 Å². The minimum Gasteiger partial charge on any atom is -0.482 e. The molecule has 22 heavy (non-hydrogen) atoms. The molecule has 2 aromatic rings. The second-order valence-electron chi connectivity index (χ2n) is 5.60. The molecule has 0 fully saturated rings. The highest BCUT2D eigenvalue weighted by Crippen LogP contribution is 2.38. The Morgan fingerprint density at radius 2 is 2.00 bits per heavy atom. The fraction of sp³-hybridized carbons (Fsp3) is 0.278. The normalized spacial score (nSPS) is 16.4. The Morgan fingerprint density at radius 3 is 2.73 bits per heavy atom. The van der Waals surface area contributed by atoms with Crippen molar-refractivity contribution < 1.29 is 14.6 Å². The Morgan fingerprint density at radius 1 is 1.23 bits per heavy atom. The van der Waals surface area contributed by atoms with Crippen LogP contribution in [0, 0.1) is 0 Å². The molecule has 1 unspecified atom stereocenters.